The molecule has 0 aromatic carbocycles. The number of Topliss-reactive ketones (excluding diaryl/α,β-unsaturated/α-hetero) is 1. The van der Waals surface area contributed by atoms with Gasteiger partial charge in [-0.2, -0.15) is 11.3 Å². The average Bonchev–Trinajstić information content (AvgIpc) is 3.54. The second-order valence-electron chi connectivity index (χ2n) is 8.32. The molecular formula is C24H25NO4S2. The third kappa shape index (κ3) is 4.02. The molecule has 162 valence electrons. The third-order valence-electron chi connectivity index (χ3n) is 6.29. The minimum Gasteiger partial charge on any atom is -0.459 e. The van der Waals surface area contributed by atoms with Crippen molar-refractivity contribution in [2.45, 2.75) is 50.5 Å². The van der Waals surface area contributed by atoms with Gasteiger partial charge in [-0.15, -0.1) is 11.3 Å². The Morgan fingerprint density at radius 1 is 1.29 bits per heavy atom. The summed E-state index contributed by atoms with van der Waals surface area (Å²) >= 11 is 3.27. The van der Waals surface area contributed by atoms with Crippen LogP contribution in [0.3, 0.4) is 0 Å². The smallest absolute Gasteiger partial charge is 0.336 e. The monoisotopic (exact) mass is 455 g/mol. The summed E-state index contributed by atoms with van der Waals surface area (Å²) in [7, 11) is 0. The van der Waals surface area contributed by atoms with Crippen molar-refractivity contribution in [2.24, 2.45) is 0 Å². The van der Waals surface area contributed by atoms with Crippen molar-refractivity contribution >= 4 is 34.4 Å². The first-order valence-electron chi connectivity index (χ1n) is 10.7. The highest BCUT2D eigenvalue weighted by molar-refractivity contribution is 7.10. The average molecular weight is 456 g/mol. The van der Waals surface area contributed by atoms with E-state index in [9.17, 15) is 9.59 Å². The molecule has 0 saturated carbocycles. The Bertz CT molecular complexity index is 1030. The molecule has 0 unspecified atom stereocenters. The van der Waals surface area contributed by atoms with Gasteiger partial charge < -0.3 is 14.8 Å². The van der Waals surface area contributed by atoms with Crippen LogP contribution in [-0.2, 0) is 19.1 Å². The van der Waals surface area contributed by atoms with Crippen LogP contribution < -0.4 is 5.32 Å². The first-order chi connectivity index (χ1) is 15.1. The Kier molecular flexibility index (Phi) is 5.82. The highest BCUT2D eigenvalue weighted by Gasteiger charge is 2.41. The Morgan fingerprint density at radius 3 is 2.90 bits per heavy atom. The van der Waals surface area contributed by atoms with Crippen LogP contribution in [0.15, 0.2) is 56.9 Å². The quantitative estimate of drug-likeness (QED) is 0.650. The number of nitrogens with one attached hydrogen (secondary N) is 1. The van der Waals surface area contributed by atoms with Crippen molar-refractivity contribution in [1.82, 2.24) is 5.32 Å². The second kappa shape index (κ2) is 8.73. The van der Waals surface area contributed by atoms with Gasteiger partial charge in [0.2, 0.25) is 0 Å². The van der Waals surface area contributed by atoms with E-state index in [1.165, 1.54) is 4.88 Å². The number of dihydropyridines is 1. The molecule has 1 aliphatic carbocycles. The molecule has 3 aliphatic rings. The number of thiophene rings is 2. The molecule has 7 heteroatoms. The topological polar surface area (TPSA) is 64.6 Å². The molecule has 1 saturated heterocycles. The minimum absolute atomic E-state index is 0.0290. The first kappa shape index (κ1) is 20.7. The van der Waals surface area contributed by atoms with E-state index < -0.39 is 0 Å². The predicted molar refractivity (Wildman–Crippen MR) is 121 cm³/mol. The normalized spacial score (nSPS) is 26.1. The summed E-state index contributed by atoms with van der Waals surface area (Å²) in [5, 5.41) is 9.48. The summed E-state index contributed by atoms with van der Waals surface area (Å²) in [4.78, 5) is 27.8. The van der Waals surface area contributed by atoms with Crippen LogP contribution in [0.2, 0.25) is 0 Å². The Hall–Kier alpha value is -2.22. The standard InChI is InChI=1S/C24H25NO4S2/c1-14-21(24(27)29-12-17-4-2-7-28-17)22(15-6-9-30-13-15)23-18(25-14)10-16(11-19(23)26)20-5-3-8-31-20/h3,5-6,8-9,13,16-17,22,25H,2,4,7,10-12H2,1H3/t16-,17-,22+/m1/s1. The van der Waals surface area contributed by atoms with E-state index in [0.717, 1.165) is 48.4 Å². The largest absolute Gasteiger partial charge is 0.459 e. The molecule has 0 bridgehead atoms. The van der Waals surface area contributed by atoms with E-state index in [1.54, 1.807) is 22.7 Å². The molecular weight excluding hydrogens is 430 g/mol. The Morgan fingerprint density at radius 2 is 2.19 bits per heavy atom. The van der Waals surface area contributed by atoms with Gasteiger partial charge in [0.15, 0.2) is 5.78 Å². The molecule has 2 aliphatic heterocycles. The highest BCUT2D eigenvalue weighted by Crippen LogP contribution is 2.46. The zero-order chi connectivity index (χ0) is 21.4. The molecule has 2 aromatic rings. The summed E-state index contributed by atoms with van der Waals surface area (Å²) in [6, 6.07) is 6.14. The minimum atomic E-state index is -0.378. The number of allylic oxidation sites excluding steroid dienone is 3. The van der Waals surface area contributed by atoms with Gasteiger partial charge >= 0.3 is 5.97 Å². The van der Waals surface area contributed by atoms with Crippen LogP contribution in [0.5, 0.6) is 0 Å². The summed E-state index contributed by atoms with van der Waals surface area (Å²) < 4.78 is 11.3. The van der Waals surface area contributed by atoms with Gasteiger partial charge in [0.25, 0.3) is 0 Å². The summed E-state index contributed by atoms with van der Waals surface area (Å²) in [6.07, 6.45) is 3.13. The molecule has 1 N–H and O–H groups in total. The molecule has 0 amide bonds. The maximum absolute atomic E-state index is 13.4. The number of rotatable bonds is 5. The fourth-order valence-corrected chi connectivity index (χ4v) is 6.35. The molecule has 31 heavy (non-hydrogen) atoms. The predicted octanol–water partition coefficient (Wildman–Crippen LogP) is 4.89. The van der Waals surface area contributed by atoms with Crippen LogP contribution in [0.1, 0.15) is 54.9 Å². The van der Waals surface area contributed by atoms with E-state index in [4.69, 9.17) is 9.47 Å². The van der Waals surface area contributed by atoms with Gasteiger partial charge in [0.1, 0.15) is 6.61 Å². The maximum Gasteiger partial charge on any atom is 0.336 e. The van der Waals surface area contributed by atoms with Crippen LogP contribution in [0.25, 0.3) is 0 Å². The van der Waals surface area contributed by atoms with Crippen LogP contribution >= 0.6 is 22.7 Å². The van der Waals surface area contributed by atoms with E-state index in [-0.39, 0.29) is 36.3 Å². The maximum atomic E-state index is 13.4. The third-order valence-corrected chi connectivity index (χ3v) is 8.03. The molecule has 5 rings (SSSR count). The highest BCUT2D eigenvalue weighted by atomic mass is 32.1. The SMILES string of the molecule is CC1=C(C(=O)OC[C@H]2CCCO2)[C@H](c2ccsc2)C2=C(C[C@@H](c3cccs3)CC2=O)N1. The van der Waals surface area contributed by atoms with E-state index in [1.807, 2.05) is 29.8 Å². The Labute approximate surface area is 189 Å². The van der Waals surface area contributed by atoms with Gasteiger partial charge in [-0.05, 0) is 60.0 Å². The molecule has 2 aromatic heterocycles. The van der Waals surface area contributed by atoms with Crippen molar-refractivity contribution in [3.05, 3.63) is 67.3 Å². The molecule has 1 fully saturated rings. The fourth-order valence-electron chi connectivity index (χ4n) is 4.83. The lowest BCUT2D eigenvalue weighted by atomic mass is 9.73. The fraction of sp³-hybridized carbons (Fsp3) is 0.417. The van der Waals surface area contributed by atoms with Crippen LogP contribution in [0.4, 0.5) is 0 Å². The van der Waals surface area contributed by atoms with Crippen LogP contribution in [0, 0.1) is 0 Å². The van der Waals surface area contributed by atoms with Crippen molar-refractivity contribution in [1.29, 1.82) is 0 Å². The summed E-state index contributed by atoms with van der Waals surface area (Å²) in [5.41, 5.74) is 3.95. The van der Waals surface area contributed by atoms with Gasteiger partial charge in [0, 0.05) is 46.7 Å². The number of carbonyl (C=O) groups excluding carboxylic acids is 2. The molecule has 4 heterocycles. The summed E-state index contributed by atoms with van der Waals surface area (Å²) in [5.74, 6) is -0.448. The van der Waals surface area contributed by atoms with Crippen molar-refractivity contribution in [3.63, 3.8) is 0 Å². The first-order valence-corrected chi connectivity index (χ1v) is 12.5. The lowest BCUT2D eigenvalue weighted by Gasteiger charge is -2.36. The van der Waals surface area contributed by atoms with E-state index in [0.29, 0.717) is 12.0 Å². The molecule has 3 atom stereocenters. The molecule has 5 nitrogen and oxygen atoms in total. The lowest BCUT2D eigenvalue weighted by molar-refractivity contribution is -0.142. The Balaban J connectivity index is 1.46. The van der Waals surface area contributed by atoms with Gasteiger partial charge in [-0.3, -0.25) is 4.79 Å². The van der Waals surface area contributed by atoms with Crippen molar-refractivity contribution in [2.75, 3.05) is 13.2 Å². The van der Waals surface area contributed by atoms with E-state index in [2.05, 4.69) is 16.8 Å². The number of hydrogen-bond acceptors (Lipinski definition) is 7. The lowest BCUT2D eigenvalue weighted by Crippen LogP contribution is -2.36. The van der Waals surface area contributed by atoms with Crippen molar-refractivity contribution < 1.29 is 19.1 Å². The number of hydrogen-bond donors (Lipinski definition) is 1. The zero-order valence-corrected chi connectivity index (χ0v) is 19.0. The molecule has 0 radical (unpaired) electrons. The summed E-state index contributed by atoms with van der Waals surface area (Å²) in [6.45, 7) is 2.89. The van der Waals surface area contributed by atoms with Crippen molar-refractivity contribution in [3.8, 4) is 0 Å². The molecule has 0 spiro atoms. The number of ketones is 1. The number of carbonyl (C=O) groups is 2. The van der Waals surface area contributed by atoms with E-state index >= 15 is 0 Å². The van der Waals surface area contributed by atoms with Crippen LogP contribution in [-0.4, -0.2) is 31.1 Å². The number of esters is 1. The zero-order valence-electron chi connectivity index (χ0n) is 17.4. The second-order valence-corrected chi connectivity index (χ2v) is 10.1. The van der Waals surface area contributed by atoms with Gasteiger partial charge in [0.05, 0.1) is 11.7 Å². The number of ether oxygens (including phenoxy) is 2. The van der Waals surface area contributed by atoms with Gasteiger partial charge in [-0.25, -0.2) is 4.79 Å². The van der Waals surface area contributed by atoms with Gasteiger partial charge in [-0.1, -0.05) is 6.07 Å².